The third-order valence-electron chi connectivity index (χ3n) is 3.44. The molecule has 0 spiro atoms. The summed E-state index contributed by atoms with van der Waals surface area (Å²) in [5.41, 5.74) is 0.958. The first-order valence-corrected chi connectivity index (χ1v) is 8.52. The first kappa shape index (κ1) is 16.3. The Bertz CT molecular complexity index is 813. The molecule has 6 nitrogen and oxygen atoms in total. The molecule has 0 aliphatic heterocycles. The Morgan fingerprint density at radius 1 is 1.33 bits per heavy atom. The van der Waals surface area contributed by atoms with Crippen molar-refractivity contribution in [3.8, 4) is 11.3 Å². The molecule has 0 aliphatic rings. The summed E-state index contributed by atoms with van der Waals surface area (Å²) in [5, 5.41) is 3.70. The van der Waals surface area contributed by atoms with Crippen LogP contribution in [0.25, 0.3) is 11.3 Å². The van der Waals surface area contributed by atoms with Crippen LogP contribution in [-0.2, 0) is 11.8 Å². The second kappa shape index (κ2) is 7.35. The molecule has 24 heavy (non-hydrogen) atoms. The fourth-order valence-corrected chi connectivity index (χ4v) is 2.93. The maximum atomic E-state index is 12.1. The zero-order chi connectivity index (χ0) is 16.9. The number of nitrogens with one attached hydrogen (secondary N) is 1. The number of imidazole rings is 1. The van der Waals surface area contributed by atoms with Crippen molar-refractivity contribution >= 4 is 17.7 Å². The molecule has 0 bridgehead atoms. The van der Waals surface area contributed by atoms with Crippen molar-refractivity contribution in [1.82, 2.24) is 19.9 Å². The van der Waals surface area contributed by atoms with Crippen LogP contribution in [0.15, 0.2) is 58.5 Å². The first-order valence-electron chi connectivity index (χ1n) is 7.54. The monoisotopic (exact) mass is 342 g/mol. The summed E-state index contributed by atoms with van der Waals surface area (Å²) in [4.78, 5) is 20.5. The molecule has 0 fully saturated rings. The molecule has 2 heterocycles. The van der Waals surface area contributed by atoms with E-state index in [0.717, 1.165) is 10.7 Å². The normalized spacial score (nSPS) is 12.1. The average molecular weight is 342 g/mol. The predicted molar refractivity (Wildman–Crippen MR) is 92.4 cm³/mol. The van der Waals surface area contributed by atoms with E-state index in [-0.39, 0.29) is 11.9 Å². The van der Waals surface area contributed by atoms with E-state index in [2.05, 4.69) is 15.3 Å². The minimum absolute atomic E-state index is 0.0880. The first-order chi connectivity index (χ1) is 11.6. The van der Waals surface area contributed by atoms with E-state index in [9.17, 15) is 4.79 Å². The van der Waals surface area contributed by atoms with Gasteiger partial charge < -0.3 is 14.3 Å². The van der Waals surface area contributed by atoms with Crippen molar-refractivity contribution in [2.24, 2.45) is 7.05 Å². The molecule has 0 radical (unpaired) electrons. The van der Waals surface area contributed by atoms with Crippen LogP contribution in [0.2, 0.25) is 0 Å². The number of nitrogens with zero attached hydrogens (tertiary/aromatic N) is 3. The minimum atomic E-state index is -0.295. The average Bonchev–Trinajstić information content (AvgIpc) is 3.23. The smallest absolute Gasteiger partial charge is 0.231 e. The third-order valence-corrected chi connectivity index (χ3v) is 4.50. The van der Waals surface area contributed by atoms with Gasteiger partial charge in [0.05, 0.1) is 11.9 Å². The quantitative estimate of drug-likeness (QED) is 0.697. The van der Waals surface area contributed by atoms with Crippen molar-refractivity contribution < 1.29 is 9.21 Å². The summed E-state index contributed by atoms with van der Waals surface area (Å²) in [6.07, 6.45) is 5.23. The molecular formula is C17H18N4O2S. The Balaban J connectivity index is 1.57. The van der Waals surface area contributed by atoms with E-state index in [1.807, 2.05) is 55.1 Å². The standard InChI is InChI=1S/C17H18N4O2S/c1-12(20-15(22)11-24-17-18-8-9-21(17)2)16-19-10-14(23-16)13-6-4-3-5-7-13/h3-10,12H,11H2,1-2H3,(H,20,22)/t12-/m0/s1. The summed E-state index contributed by atoms with van der Waals surface area (Å²) < 4.78 is 7.63. The lowest BCUT2D eigenvalue weighted by Gasteiger charge is -2.10. The lowest BCUT2D eigenvalue weighted by Crippen LogP contribution is -2.28. The third kappa shape index (κ3) is 3.86. The van der Waals surface area contributed by atoms with Gasteiger partial charge in [-0.15, -0.1) is 0 Å². The van der Waals surface area contributed by atoms with Gasteiger partial charge in [-0.3, -0.25) is 4.79 Å². The Morgan fingerprint density at radius 2 is 2.12 bits per heavy atom. The summed E-state index contributed by atoms with van der Waals surface area (Å²) in [5.74, 6) is 1.38. The number of oxazole rings is 1. The molecule has 1 amide bonds. The lowest BCUT2D eigenvalue weighted by atomic mass is 10.2. The van der Waals surface area contributed by atoms with Crippen molar-refractivity contribution in [3.05, 3.63) is 54.8 Å². The van der Waals surface area contributed by atoms with Gasteiger partial charge in [0.15, 0.2) is 10.9 Å². The largest absolute Gasteiger partial charge is 0.438 e. The van der Waals surface area contributed by atoms with E-state index in [1.54, 1.807) is 12.4 Å². The van der Waals surface area contributed by atoms with E-state index in [1.165, 1.54) is 11.8 Å². The van der Waals surface area contributed by atoms with Gasteiger partial charge in [-0.05, 0) is 6.92 Å². The zero-order valence-corrected chi connectivity index (χ0v) is 14.3. The molecule has 3 rings (SSSR count). The topological polar surface area (TPSA) is 73.0 Å². The molecule has 0 saturated heterocycles. The molecule has 1 atom stereocenters. The molecule has 0 unspecified atom stereocenters. The second-order valence-electron chi connectivity index (χ2n) is 5.33. The van der Waals surface area contributed by atoms with Crippen LogP contribution in [0.1, 0.15) is 18.9 Å². The van der Waals surface area contributed by atoms with Crippen molar-refractivity contribution in [2.45, 2.75) is 18.1 Å². The number of hydrogen-bond acceptors (Lipinski definition) is 5. The summed E-state index contributed by atoms with van der Waals surface area (Å²) in [6.45, 7) is 1.85. The Kier molecular flexibility index (Phi) is 5.00. The van der Waals surface area contributed by atoms with Crippen LogP contribution in [0.3, 0.4) is 0 Å². The van der Waals surface area contributed by atoms with Gasteiger partial charge in [0.2, 0.25) is 11.8 Å². The van der Waals surface area contributed by atoms with Crippen LogP contribution in [-0.4, -0.2) is 26.2 Å². The van der Waals surface area contributed by atoms with Gasteiger partial charge in [-0.2, -0.15) is 0 Å². The lowest BCUT2D eigenvalue weighted by molar-refractivity contribution is -0.119. The molecule has 7 heteroatoms. The summed E-state index contributed by atoms with van der Waals surface area (Å²) in [7, 11) is 1.90. The second-order valence-corrected chi connectivity index (χ2v) is 6.27. The number of thioether (sulfide) groups is 1. The molecule has 3 aromatic rings. The van der Waals surface area contributed by atoms with Crippen LogP contribution in [0.4, 0.5) is 0 Å². The molecule has 0 saturated carbocycles. The Labute approximate surface area is 144 Å². The van der Waals surface area contributed by atoms with E-state index < -0.39 is 0 Å². The fraction of sp³-hybridized carbons (Fsp3) is 0.235. The van der Waals surface area contributed by atoms with Crippen LogP contribution >= 0.6 is 11.8 Å². The van der Waals surface area contributed by atoms with Crippen LogP contribution < -0.4 is 5.32 Å². The molecule has 2 aromatic heterocycles. The molecule has 0 aliphatic carbocycles. The molecule has 1 aromatic carbocycles. The van der Waals surface area contributed by atoms with Gasteiger partial charge in [-0.1, -0.05) is 42.1 Å². The maximum absolute atomic E-state index is 12.1. The number of aryl methyl sites for hydroxylation is 1. The summed E-state index contributed by atoms with van der Waals surface area (Å²) >= 11 is 1.39. The number of carbonyl (C=O) groups is 1. The maximum Gasteiger partial charge on any atom is 0.231 e. The van der Waals surface area contributed by atoms with E-state index in [0.29, 0.717) is 17.4 Å². The van der Waals surface area contributed by atoms with Gasteiger partial charge in [0, 0.05) is 25.0 Å². The Hall–Kier alpha value is -2.54. The predicted octanol–water partition coefficient (Wildman–Crippen LogP) is 3.04. The number of hydrogen-bond donors (Lipinski definition) is 1. The van der Waals surface area contributed by atoms with Gasteiger partial charge in [-0.25, -0.2) is 9.97 Å². The van der Waals surface area contributed by atoms with Crippen LogP contribution in [0, 0.1) is 0 Å². The molecule has 124 valence electrons. The van der Waals surface area contributed by atoms with Crippen molar-refractivity contribution in [1.29, 1.82) is 0 Å². The number of amides is 1. The Morgan fingerprint density at radius 3 is 2.83 bits per heavy atom. The fourth-order valence-electron chi connectivity index (χ4n) is 2.19. The molecular weight excluding hydrogens is 324 g/mol. The van der Waals surface area contributed by atoms with Gasteiger partial charge in [0.1, 0.15) is 6.04 Å². The number of benzene rings is 1. The zero-order valence-electron chi connectivity index (χ0n) is 13.5. The SMILES string of the molecule is C[C@H](NC(=O)CSc1nccn1C)c1ncc(-c2ccccc2)o1. The highest BCUT2D eigenvalue weighted by atomic mass is 32.2. The number of aromatic nitrogens is 3. The van der Waals surface area contributed by atoms with Crippen molar-refractivity contribution in [2.75, 3.05) is 5.75 Å². The van der Waals surface area contributed by atoms with Crippen molar-refractivity contribution in [3.63, 3.8) is 0 Å². The highest BCUT2D eigenvalue weighted by molar-refractivity contribution is 7.99. The highest BCUT2D eigenvalue weighted by Crippen LogP contribution is 2.23. The van der Waals surface area contributed by atoms with Gasteiger partial charge in [0.25, 0.3) is 0 Å². The van der Waals surface area contributed by atoms with Crippen LogP contribution in [0.5, 0.6) is 0 Å². The molecule has 1 N–H and O–H groups in total. The number of rotatable bonds is 6. The summed E-state index contributed by atoms with van der Waals surface area (Å²) in [6, 6.07) is 9.45. The minimum Gasteiger partial charge on any atom is -0.438 e. The van der Waals surface area contributed by atoms with E-state index in [4.69, 9.17) is 4.42 Å². The van der Waals surface area contributed by atoms with Gasteiger partial charge >= 0.3 is 0 Å². The number of carbonyl (C=O) groups excluding carboxylic acids is 1. The van der Waals surface area contributed by atoms with E-state index >= 15 is 0 Å². The highest BCUT2D eigenvalue weighted by Gasteiger charge is 2.16.